The first-order valence-corrected chi connectivity index (χ1v) is 6.78. The lowest BCUT2D eigenvalue weighted by molar-refractivity contribution is -0.118. The third-order valence-corrected chi connectivity index (χ3v) is 3.97. The maximum absolute atomic E-state index is 12.6. The summed E-state index contributed by atoms with van der Waals surface area (Å²) in [7, 11) is 0. The smallest absolute Gasteiger partial charge is 0.235 e. The largest absolute Gasteiger partial charge is 0.508 e. The maximum Gasteiger partial charge on any atom is 0.235 e. The maximum atomic E-state index is 12.6. The molecule has 0 atom stereocenters. The normalized spacial score (nSPS) is 15.7. The van der Waals surface area contributed by atoms with Crippen molar-refractivity contribution in [3.05, 3.63) is 59.7 Å². The fraction of sp³-hybridized carbons (Fsp3) is 0.235. The average Bonchev–Trinajstić information content (AvgIpc) is 3.24. The highest BCUT2D eigenvalue weighted by molar-refractivity contribution is 6.01. The molecule has 2 aromatic carbocycles. The van der Waals surface area contributed by atoms with E-state index in [4.69, 9.17) is 0 Å². The Morgan fingerprint density at radius 1 is 1.15 bits per heavy atom. The first-order chi connectivity index (χ1) is 9.62. The minimum absolute atomic E-state index is 0.0393. The summed E-state index contributed by atoms with van der Waals surface area (Å²) in [5.41, 5.74) is 2.33. The number of benzene rings is 2. The van der Waals surface area contributed by atoms with Gasteiger partial charge in [0, 0.05) is 5.69 Å². The number of phenolic OH excluding ortho intramolecular Hbond substituents is 1. The van der Waals surface area contributed by atoms with Crippen LogP contribution in [0.1, 0.15) is 24.0 Å². The predicted octanol–water partition coefficient (Wildman–Crippen LogP) is 3.37. The summed E-state index contributed by atoms with van der Waals surface area (Å²) in [6.07, 6.45) is 1.78. The number of hydrogen-bond acceptors (Lipinski definition) is 2. The van der Waals surface area contributed by atoms with E-state index in [9.17, 15) is 9.90 Å². The summed E-state index contributed by atoms with van der Waals surface area (Å²) in [6.45, 7) is 1.87. The average molecular weight is 267 g/mol. The first kappa shape index (κ1) is 12.7. The monoisotopic (exact) mass is 267 g/mol. The van der Waals surface area contributed by atoms with Crippen molar-refractivity contribution < 1.29 is 9.90 Å². The Bertz CT molecular complexity index is 645. The minimum atomic E-state index is -0.369. The molecule has 3 nitrogen and oxygen atoms in total. The Morgan fingerprint density at radius 3 is 2.45 bits per heavy atom. The van der Waals surface area contributed by atoms with Crippen LogP contribution in [0.3, 0.4) is 0 Å². The van der Waals surface area contributed by atoms with Gasteiger partial charge in [0.2, 0.25) is 5.91 Å². The van der Waals surface area contributed by atoms with E-state index in [0.29, 0.717) is 0 Å². The van der Waals surface area contributed by atoms with Crippen LogP contribution in [0.15, 0.2) is 48.5 Å². The van der Waals surface area contributed by atoms with Gasteiger partial charge in [0.25, 0.3) is 0 Å². The van der Waals surface area contributed by atoms with Crippen molar-refractivity contribution in [3.8, 4) is 5.75 Å². The van der Waals surface area contributed by atoms with Crippen LogP contribution in [0.25, 0.3) is 0 Å². The van der Waals surface area contributed by atoms with Gasteiger partial charge in [-0.1, -0.05) is 30.3 Å². The number of carbonyl (C=O) groups excluding carboxylic acids is 1. The molecule has 0 aliphatic heterocycles. The van der Waals surface area contributed by atoms with E-state index >= 15 is 0 Å². The van der Waals surface area contributed by atoms with Crippen molar-refractivity contribution in [2.24, 2.45) is 0 Å². The van der Waals surface area contributed by atoms with E-state index in [1.54, 1.807) is 18.2 Å². The van der Waals surface area contributed by atoms with E-state index < -0.39 is 0 Å². The molecule has 102 valence electrons. The number of hydrogen-bond donors (Lipinski definition) is 2. The summed E-state index contributed by atoms with van der Waals surface area (Å²) < 4.78 is 0. The van der Waals surface area contributed by atoms with Gasteiger partial charge >= 0.3 is 0 Å². The van der Waals surface area contributed by atoms with Gasteiger partial charge in [-0.3, -0.25) is 4.79 Å². The summed E-state index contributed by atoms with van der Waals surface area (Å²) in [5, 5.41) is 12.4. The molecule has 1 amide bonds. The third-order valence-electron chi connectivity index (χ3n) is 3.97. The Labute approximate surface area is 118 Å². The Morgan fingerprint density at radius 2 is 1.85 bits per heavy atom. The van der Waals surface area contributed by atoms with Crippen molar-refractivity contribution in [1.82, 2.24) is 0 Å². The van der Waals surface area contributed by atoms with Gasteiger partial charge in [0.1, 0.15) is 5.75 Å². The topological polar surface area (TPSA) is 49.3 Å². The van der Waals surface area contributed by atoms with Crippen molar-refractivity contribution in [2.75, 3.05) is 5.32 Å². The lowest BCUT2D eigenvalue weighted by Crippen LogP contribution is -2.28. The third kappa shape index (κ3) is 2.16. The fourth-order valence-corrected chi connectivity index (χ4v) is 2.56. The van der Waals surface area contributed by atoms with E-state index in [-0.39, 0.29) is 17.1 Å². The number of carbonyl (C=O) groups is 1. The Kier molecular flexibility index (Phi) is 2.97. The van der Waals surface area contributed by atoms with Gasteiger partial charge in [-0.2, -0.15) is 0 Å². The van der Waals surface area contributed by atoms with Crippen LogP contribution in [0.5, 0.6) is 5.75 Å². The lowest BCUT2D eigenvalue weighted by atomic mass is 9.95. The van der Waals surface area contributed by atoms with Crippen molar-refractivity contribution in [1.29, 1.82) is 0 Å². The van der Waals surface area contributed by atoms with Gasteiger partial charge in [-0.15, -0.1) is 0 Å². The quantitative estimate of drug-likeness (QED) is 0.838. The van der Waals surface area contributed by atoms with Gasteiger partial charge in [-0.05, 0) is 49.1 Å². The van der Waals surface area contributed by atoms with E-state index in [1.807, 2.05) is 37.3 Å². The molecule has 20 heavy (non-hydrogen) atoms. The molecule has 1 fully saturated rings. The molecule has 0 radical (unpaired) electrons. The summed E-state index contributed by atoms with van der Waals surface area (Å²) in [6, 6.07) is 14.9. The van der Waals surface area contributed by atoms with Crippen LogP contribution in [-0.4, -0.2) is 11.0 Å². The number of nitrogens with one attached hydrogen (secondary N) is 1. The molecule has 0 spiro atoms. The molecule has 0 heterocycles. The summed E-state index contributed by atoms with van der Waals surface area (Å²) in [5.74, 6) is 0.252. The second-order valence-electron chi connectivity index (χ2n) is 5.40. The van der Waals surface area contributed by atoms with Crippen molar-refractivity contribution in [3.63, 3.8) is 0 Å². The number of amides is 1. The lowest BCUT2D eigenvalue weighted by Gasteiger charge is -2.17. The number of aromatic hydroxyl groups is 1. The molecule has 0 bridgehead atoms. The molecule has 1 aliphatic carbocycles. The van der Waals surface area contributed by atoms with Gasteiger partial charge in [0.05, 0.1) is 5.41 Å². The molecule has 0 aromatic heterocycles. The van der Waals surface area contributed by atoms with Gasteiger partial charge in [0.15, 0.2) is 0 Å². The zero-order valence-corrected chi connectivity index (χ0v) is 11.4. The SMILES string of the molecule is Cc1cc(O)ccc1NC(=O)C1(c2ccccc2)CC1. The molecule has 1 aliphatic rings. The number of anilines is 1. The van der Waals surface area contributed by atoms with E-state index in [2.05, 4.69) is 5.32 Å². The minimum Gasteiger partial charge on any atom is -0.508 e. The molecule has 2 aromatic rings. The molecule has 1 saturated carbocycles. The molecule has 3 rings (SSSR count). The zero-order chi connectivity index (χ0) is 14.2. The van der Waals surface area contributed by atoms with Crippen molar-refractivity contribution >= 4 is 11.6 Å². The molecule has 0 unspecified atom stereocenters. The van der Waals surface area contributed by atoms with Gasteiger partial charge in [-0.25, -0.2) is 0 Å². The molecule has 0 saturated heterocycles. The summed E-state index contributed by atoms with van der Waals surface area (Å²) in [4.78, 5) is 12.6. The van der Waals surface area contributed by atoms with Crippen LogP contribution < -0.4 is 5.32 Å². The molecular weight excluding hydrogens is 250 g/mol. The second-order valence-corrected chi connectivity index (χ2v) is 5.40. The van der Waals surface area contributed by atoms with Gasteiger partial charge < -0.3 is 10.4 Å². The van der Waals surface area contributed by atoms with Crippen LogP contribution in [0, 0.1) is 6.92 Å². The van der Waals surface area contributed by atoms with Crippen LogP contribution in [-0.2, 0) is 10.2 Å². The van der Waals surface area contributed by atoms with Crippen molar-refractivity contribution in [2.45, 2.75) is 25.2 Å². The Balaban J connectivity index is 1.83. The number of rotatable bonds is 3. The molecule has 3 heteroatoms. The number of phenols is 1. The number of aryl methyl sites for hydroxylation is 1. The second kappa shape index (κ2) is 4.67. The highest BCUT2D eigenvalue weighted by Gasteiger charge is 2.51. The molecule has 2 N–H and O–H groups in total. The van der Waals surface area contributed by atoms with E-state index in [0.717, 1.165) is 29.7 Å². The molecular formula is C17H17NO2. The summed E-state index contributed by atoms with van der Waals surface area (Å²) >= 11 is 0. The first-order valence-electron chi connectivity index (χ1n) is 6.78. The predicted molar refractivity (Wildman–Crippen MR) is 78.8 cm³/mol. The standard InChI is InChI=1S/C17H17NO2/c1-12-11-14(19)7-8-15(12)18-16(20)17(9-10-17)13-5-3-2-4-6-13/h2-8,11,19H,9-10H2,1H3,(H,18,20). The fourth-order valence-electron chi connectivity index (χ4n) is 2.56. The van der Waals surface area contributed by atoms with Crippen LogP contribution in [0.4, 0.5) is 5.69 Å². The highest BCUT2D eigenvalue weighted by atomic mass is 16.3. The highest BCUT2D eigenvalue weighted by Crippen LogP contribution is 2.49. The van der Waals surface area contributed by atoms with Crippen LogP contribution >= 0.6 is 0 Å². The zero-order valence-electron chi connectivity index (χ0n) is 11.4. The van der Waals surface area contributed by atoms with E-state index in [1.165, 1.54) is 0 Å². The van der Waals surface area contributed by atoms with Crippen LogP contribution in [0.2, 0.25) is 0 Å². The Hall–Kier alpha value is -2.29.